The second kappa shape index (κ2) is 9.20. The van der Waals surface area contributed by atoms with Gasteiger partial charge < -0.3 is 15.1 Å². The Morgan fingerprint density at radius 1 is 1.14 bits per heavy atom. The van der Waals surface area contributed by atoms with E-state index in [-0.39, 0.29) is 11.8 Å². The molecule has 0 aliphatic rings. The third kappa shape index (κ3) is 6.72. The van der Waals surface area contributed by atoms with Crippen LogP contribution in [0, 0.1) is 6.92 Å². The van der Waals surface area contributed by atoms with Crippen molar-refractivity contribution in [1.29, 1.82) is 0 Å². The van der Waals surface area contributed by atoms with Crippen LogP contribution in [0.15, 0.2) is 24.3 Å². The van der Waals surface area contributed by atoms with E-state index in [4.69, 9.17) is 0 Å². The van der Waals surface area contributed by atoms with E-state index >= 15 is 0 Å². The number of amides is 2. The number of hydrogen-bond acceptors (Lipinski definition) is 3. The van der Waals surface area contributed by atoms with E-state index in [0.29, 0.717) is 26.1 Å². The minimum atomic E-state index is -0.0158. The molecule has 5 nitrogen and oxygen atoms in total. The Morgan fingerprint density at radius 2 is 1.82 bits per heavy atom. The van der Waals surface area contributed by atoms with Gasteiger partial charge in [-0.05, 0) is 32.1 Å². The number of aryl methyl sites for hydroxylation is 1. The van der Waals surface area contributed by atoms with E-state index < -0.39 is 0 Å². The molecule has 122 valence electrons. The van der Waals surface area contributed by atoms with Crippen molar-refractivity contribution in [3.63, 3.8) is 0 Å². The van der Waals surface area contributed by atoms with Gasteiger partial charge in [-0.25, -0.2) is 0 Å². The highest BCUT2D eigenvalue weighted by molar-refractivity contribution is 5.78. The minimum absolute atomic E-state index is 0.00987. The normalized spacial score (nSPS) is 10.6. The molecule has 1 rings (SSSR count). The molecule has 0 unspecified atom stereocenters. The summed E-state index contributed by atoms with van der Waals surface area (Å²) in [7, 11) is 3.93. The number of carbonyl (C=O) groups is 2. The summed E-state index contributed by atoms with van der Waals surface area (Å²) in [6, 6.07) is 7.99. The maximum Gasteiger partial charge on any atom is 0.221 e. The Hall–Kier alpha value is -1.88. The molecule has 0 radical (unpaired) electrons. The van der Waals surface area contributed by atoms with Crippen molar-refractivity contribution in [3.05, 3.63) is 35.4 Å². The maximum atomic E-state index is 11.8. The van der Waals surface area contributed by atoms with Crippen molar-refractivity contribution in [2.75, 3.05) is 33.7 Å². The van der Waals surface area contributed by atoms with Crippen LogP contribution in [0.1, 0.15) is 24.5 Å². The monoisotopic (exact) mass is 305 g/mol. The van der Waals surface area contributed by atoms with E-state index in [1.165, 1.54) is 0 Å². The number of benzene rings is 1. The maximum absolute atomic E-state index is 11.8. The fourth-order valence-electron chi connectivity index (χ4n) is 2.08. The molecule has 0 bridgehead atoms. The number of rotatable bonds is 8. The number of hydrogen-bond donors (Lipinski definition) is 1. The Morgan fingerprint density at radius 3 is 2.41 bits per heavy atom. The number of likely N-dealkylation sites (N-methyl/N-ethyl adjacent to an activating group) is 1. The topological polar surface area (TPSA) is 52.7 Å². The Labute approximate surface area is 133 Å². The number of carbonyl (C=O) groups excluding carboxylic acids is 2. The Bertz CT molecular complexity index is 500. The molecular weight excluding hydrogens is 278 g/mol. The summed E-state index contributed by atoms with van der Waals surface area (Å²) in [6.07, 6.45) is 0.332. The van der Waals surface area contributed by atoms with Crippen LogP contribution in [0.3, 0.4) is 0 Å². The van der Waals surface area contributed by atoms with Gasteiger partial charge in [0.2, 0.25) is 11.8 Å². The molecule has 0 saturated heterocycles. The van der Waals surface area contributed by atoms with Crippen molar-refractivity contribution in [2.45, 2.75) is 26.8 Å². The van der Waals surface area contributed by atoms with Gasteiger partial charge in [0, 0.05) is 39.5 Å². The third-order valence-corrected chi connectivity index (χ3v) is 3.56. The molecule has 0 fully saturated rings. The van der Waals surface area contributed by atoms with Gasteiger partial charge in [0.1, 0.15) is 0 Å². The zero-order valence-electron chi connectivity index (χ0n) is 14.1. The van der Waals surface area contributed by atoms with Crippen LogP contribution in [0.2, 0.25) is 0 Å². The predicted molar refractivity (Wildman–Crippen MR) is 88.5 cm³/mol. The van der Waals surface area contributed by atoms with Crippen molar-refractivity contribution in [3.8, 4) is 0 Å². The summed E-state index contributed by atoms with van der Waals surface area (Å²) < 4.78 is 0. The summed E-state index contributed by atoms with van der Waals surface area (Å²) in [5.74, 6) is -0.0257. The third-order valence-electron chi connectivity index (χ3n) is 3.56. The van der Waals surface area contributed by atoms with Gasteiger partial charge in [0.05, 0.1) is 0 Å². The van der Waals surface area contributed by atoms with Crippen LogP contribution in [-0.4, -0.2) is 55.3 Å². The molecule has 0 aliphatic heterocycles. The smallest absolute Gasteiger partial charge is 0.221 e. The first-order chi connectivity index (χ1) is 10.4. The van der Waals surface area contributed by atoms with Crippen LogP contribution in [-0.2, 0) is 16.1 Å². The zero-order chi connectivity index (χ0) is 16.5. The van der Waals surface area contributed by atoms with Crippen LogP contribution < -0.4 is 5.32 Å². The summed E-state index contributed by atoms with van der Waals surface area (Å²) >= 11 is 0. The van der Waals surface area contributed by atoms with Crippen LogP contribution in [0.4, 0.5) is 0 Å². The summed E-state index contributed by atoms with van der Waals surface area (Å²) in [5, 5.41) is 2.86. The van der Waals surface area contributed by atoms with Crippen LogP contribution >= 0.6 is 0 Å². The van der Waals surface area contributed by atoms with Gasteiger partial charge in [-0.3, -0.25) is 9.59 Å². The summed E-state index contributed by atoms with van der Waals surface area (Å²) in [4.78, 5) is 27.3. The van der Waals surface area contributed by atoms with E-state index in [2.05, 4.69) is 5.32 Å². The lowest BCUT2D eigenvalue weighted by Crippen LogP contribution is -2.35. The van der Waals surface area contributed by atoms with E-state index in [0.717, 1.165) is 17.7 Å². The average molecular weight is 305 g/mol. The fourth-order valence-corrected chi connectivity index (χ4v) is 2.08. The standard InChI is InChI=1S/C17H27N3O2/c1-14-7-5-6-8-16(14)13-20(15(2)21)11-9-17(22)18-10-12-19(3)4/h5-8H,9-13H2,1-4H3,(H,18,22). The van der Waals surface area contributed by atoms with Crippen molar-refractivity contribution in [1.82, 2.24) is 15.1 Å². The highest BCUT2D eigenvalue weighted by Crippen LogP contribution is 2.11. The lowest BCUT2D eigenvalue weighted by Gasteiger charge is -2.22. The molecule has 0 saturated carbocycles. The van der Waals surface area contributed by atoms with Crippen molar-refractivity contribution < 1.29 is 9.59 Å². The molecule has 1 aromatic rings. The molecule has 1 N–H and O–H groups in total. The first-order valence-electron chi connectivity index (χ1n) is 7.61. The van der Waals surface area contributed by atoms with Gasteiger partial charge in [0.25, 0.3) is 0 Å². The number of nitrogens with zero attached hydrogens (tertiary/aromatic N) is 2. The first-order valence-corrected chi connectivity index (χ1v) is 7.61. The van der Waals surface area contributed by atoms with Gasteiger partial charge in [-0.2, -0.15) is 0 Å². The molecule has 22 heavy (non-hydrogen) atoms. The van der Waals surface area contributed by atoms with Gasteiger partial charge in [-0.1, -0.05) is 24.3 Å². The molecule has 0 heterocycles. The molecule has 1 aromatic carbocycles. The summed E-state index contributed by atoms with van der Waals surface area (Å²) in [6.45, 7) is 6.00. The average Bonchev–Trinajstić information content (AvgIpc) is 2.44. The fraction of sp³-hybridized carbons (Fsp3) is 0.529. The highest BCUT2D eigenvalue weighted by atomic mass is 16.2. The van der Waals surface area contributed by atoms with Gasteiger partial charge in [0.15, 0.2) is 0 Å². The van der Waals surface area contributed by atoms with Crippen molar-refractivity contribution in [2.24, 2.45) is 0 Å². The molecule has 2 amide bonds. The van der Waals surface area contributed by atoms with Gasteiger partial charge in [-0.15, -0.1) is 0 Å². The quantitative estimate of drug-likeness (QED) is 0.790. The zero-order valence-corrected chi connectivity index (χ0v) is 14.1. The van der Waals surface area contributed by atoms with Crippen LogP contribution in [0.25, 0.3) is 0 Å². The number of nitrogens with one attached hydrogen (secondary N) is 1. The lowest BCUT2D eigenvalue weighted by atomic mass is 10.1. The Kier molecular flexibility index (Phi) is 7.60. The van der Waals surface area contributed by atoms with Crippen LogP contribution in [0.5, 0.6) is 0 Å². The second-order valence-corrected chi connectivity index (χ2v) is 5.77. The molecule has 0 spiro atoms. The van der Waals surface area contributed by atoms with E-state index in [1.807, 2.05) is 50.2 Å². The molecular formula is C17H27N3O2. The SMILES string of the molecule is CC(=O)N(CCC(=O)NCCN(C)C)Cc1ccccc1C. The minimum Gasteiger partial charge on any atom is -0.355 e. The first kappa shape index (κ1) is 18.2. The largest absolute Gasteiger partial charge is 0.355 e. The Balaban J connectivity index is 2.46. The highest BCUT2D eigenvalue weighted by Gasteiger charge is 2.12. The summed E-state index contributed by atoms with van der Waals surface area (Å²) in [5.41, 5.74) is 2.27. The molecule has 0 aliphatic carbocycles. The second-order valence-electron chi connectivity index (χ2n) is 5.77. The lowest BCUT2D eigenvalue weighted by molar-refractivity contribution is -0.130. The van der Waals surface area contributed by atoms with Crippen molar-refractivity contribution >= 4 is 11.8 Å². The molecule has 0 atom stereocenters. The molecule has 5 heteroatoms. The van der Waals surface area contributed by atoms with Gasteiger partial charge >= 0.3 is 0 Å². The van der Waals surface area contributed by atoms with E-state index in [1.54, 1.807) is 11.8 Å². The predicted octanol–water partition coefficient (Wildman–Crippen LogP) is 1.41. The van der Waals surface area contributed by atoms with E-state index in [9.17, 15) is 9.59 Å². The molecule has 0 aromatic heterocycles.